The highest BCUT2D eigenvalue weighted by atomic mass is 79.9. The van der Waals surface area contributed by atoms with Crippen LogP contribution in [0, 0.1) is 0 Å². The number of nitrogen functional groups attached to an aromatic ring is 1. The maximum absolute atomic E-state index is 6.53. The fourth-order valence-electron chi connectivity index (χ4n) is 3.34. The van der Waals surface area contributed by atoms with Crippen molar-refractivity contribution < 1.29 is 9.47 Å². The van der Waals surface area contributed by atoms with Crippen molar-refractivity contribution >= 4 is 44.0 Å². The Balaban J connectivity index is 1.90. The number of aromatic nitrogens is 1. The van der Waals surface area contributed by atoms with E-state index >= 15 is 0 Å². The number of nitrogens with zero attached hydrogens (tertiary/aromatic N) is 1. The van der Waals surface area contributed by atoms with Gasteiger partial charge in [0, 0.05) is 34.6 Å². The van der Waals surface area contributed by atoms with Gasteiger partial charge in [-0.1, -0.05) is 35.7 Å². The summed E-state index contributed by atoms with van der Waals surface area (Å²) in [5.41, 5.74) is 9.94. The van der Waals surface area contributed by atoms with Crippen LogP contribution in [-0.2, 0) is 6.54 Å². The summed E-state index contributed by atoms with van der Waals surface area (Å²) in [5.74, 6) is 2.15. The number of nitrogens with two attached hydrogens (primary N) is 1. The molecule has 0 fully saturated rings. The number of halogens is 1. The van der Waals surface area contributed by atoms with Crippen LogP contribution < -0.4 is 25.8 Å². The first-order chi connectivity index (χ1) is 14.6. The van der Waals surface area contributed by atoms with Crippen molar-refractivity contribution in [3.8, 4) is 11.5 Å². The Morgan fingerprint density at radius 2 is 1.87 bits per heavy atom. The van der Waals surface area contributed by atoms with Crippen LogP contribution in [0.1, 0.15) is 31.7 Å². The first-order valence-corrected chi connectivity index (χ1v) is 10.9. The predicted octanol–water partition coefficient (Wildman–Crippen LogP) is 5.81. The van der Waals surface area contributed by atoms with E-state index < -0.39 is 0 Å². The molecule has 6 nitrogen and oxygen atoms in total. The minimum absolute atomic E-state index is 0.527. The molecule has 0 bridgehead atoms. The van der Waals surface area contributed by atoms with Crippen LogP contribution >= 0.6 is 15.9 Å². The molecule has 0 amide bonds. The molecule has 0 aliphatic carbocycles. The predicted molar refractivity (Wildman–Crippen MR) is 129 cm³/mol. The van der Waals surface area contributed by atoms with Crippen LogP contribution in [-0.4, -0.2) is 25.7 Å². The van der Waals surface area contributed by atoms with Gasteiger partial charge in [0.2, 0.25) is 0 Å². The topological polar surface area (TPSA) is 81.4 Å². The Morgan fingerprint density at radius 3 is 2.60 bits per heavy atom. The minimum atomic E-state index is 0.527. The third-order valence-electron chi connectivity index (χ3n) is 5.01. The maximum atomic E-state index is 6.53. The molecule has 7 heteroatoms. The van der Waals surface area contributed by atoms with Crippen LogP contribution in [0.5, 0.6) is 11.5 Å². The molecule has 30 heavy (non-hydrogen) atoms. The highest BCUT2D eigenvalue weighted by Gasteiger charge is 2.14. The third-order valence-corrected chi connectivity index (χ3v) is 5.50. The molecule has 3 rings (SSSR count). The molecule has 0 atom stereocenters. The summed E-state index contributed by atoms with van der Waals surface area (Å²) in [6.07, 6.45) is 3.46. The molecule has 0 radical (unpaired) electrons. The summed E-state index contributed by atoms with van der Waals surface area (Å²) in [6, 6.07) is 11.8. The van der Waals surface area contributed by atoms with Gasteiger partial charge < -0.3 is 25.8 Å². The lowest BCUT2D eigenvalue weighted by Crippen LogP contribution is -2.10. The first-order valence-electron chi connectivity index (χ1n) is 10.1. The van der Waals surface area contributed by atoms with Gasteiger partial charge in [-0.3, -0.25) is 0 Å². The molecule has 160 valence electrons. The number of benzene rings is 2. The molecule has 3 aromatic rings. The molecule has 0 spiro atoms. The van der Waals surface area contributed by atoms with Crippen molar-refractivity contribution in [2.45, 2.75) is 32.7 Å². The fourth-order valence-corrected chi connectivity index (χ4v) is 3.69. The number of methoxy groups -OCH3 is 2. The Kier molecular flexibility index (Phi) is 7.63. The van der Waals surface area contributed by atoms with Gasteiger partial charge in [0.1, 0.15) is 11.5 Å². The molecule has 4 N–H and O–H groups in total. The quantitative estimate of drug-likeness (QED) is 0.323. The first kappa shape index (κ1) is 22.0. The van der Waals surface area contributed by atoms with E-state index in [1.54, 1.807) is 14.2 Å². The van der Waals surface area contributed by atoms with Crippen molar-refractivity contribution in [3.05, 3.63) is 46.4 Å². The lowest BCUT2D eigenvalue weighted by atomic mass is 10.1. The van der Waals surface area contributed by atoms with E-state index in [-0.39, 0.29) is 0 Å². The average molecular weight is 473 g/mol. The van der Waals surface area contributed by atoms with Gasteiger partial charge in [-0.2, -0.15) is 0 Å². The average Bonchev–Trinajstić information content (AvgIpc) is 2.76. The molecule has 1 heterocycles. The highest BCUT2D eigenvalue weighted by molar-refractivity contribution is 9.10. The van der Waals surface area contributed by atoms with Gasteiger partial charge in [0.05, 0.1) is 31.1 Å². The number of hydrogen-bond donors (Lipinski definition) is 3. The summed E-state index contributed by atoms with van der Waals surface area (Å²) in [5, 5.41) is 7.92. The molecule has 0 unspecified atom stereocenters. The van der Waals surface area contributed by atoms with E-state index in [2.05, 4.69) is 33.5 Å². The zero-order chi connectivity index (χ0) is 21.5. The summed E-state index contributed by atoms with van der Waals surface area (Å²) < 4.78 is 11.8. The zero-order valence-electron chi connectivity index (χ0n) is 17.7. The van der Waals surface area contributed by atoms with E-state index in [0.717, 1.165) is 51.1 Å². The van der Waals surface area contributed by atoms with Gasteiger partial charge in [0.15, 0.2) is 5.82 Å². The summed E-state index contributed by atoms with van der Waals surface area (Å²) in [6.45, 7) is 3.60. The minimum Gasteiger partial charge on any atom is -0.497 e. The van der Waals surface area contributed by atoms with Gasteiger partial charge in [-0.05, 0) is 36.8 Å². The second-order valence-corrected chi connectivity index (χ2v) is 7.99. The van der Waals surface area contributed by atoms with Crippen molar-refractivity contribution in [2.24, 2.45) is 0 Å². The van der Waals surface area contributed by atoms with Crippen molar-refractivity contribution in [1.82, 2.24) is 4.98 Å². The fraction of sp³-hybridized carbons (Fsp3) is 0.348. The SMILES string of the molecule is CCCCCNc1c(N)c(NCc2ccc(OC)cc2OC)nc2cc(Br)ccc12. The lowest BCUT2D eigenvalue weighted by Gasteiger charge is -2.18. The van der Waals surface area contributed by atoms with Gasteiger partial charge in [-0.15, -0.1) is 0 Å². The standard InChI is InChI=1S/C23H29BrN4O2/c1-4-5-6-11-26-22-18-10-8-16(24)12-19(18)28-23(21(22)25)27-14-15-7-9-17(29-2)13-20(15)30-3/h7-10,12-13H,4-6,11,14,25H2,1-3H3,(H2,26,27,28). The van der Waals surface area contributed by atoms with Gasteiger partial charge in [-0.25, -0.2) is 4.98 Å². The third kappa shape index (κ3) is 5.08. The Bertz CT molecular complexity index is 1010. The van der Waals surface area contributed by atoms with E-state index in [1.165, 1.54) is 12.8 Å². The normalized spacial score (nSPS) is 10.8. The Labute approximate surface area is 186 Å². The highest BCUT2D eigenvalue weighted by Crippen LogP contribution is 2.35. The van der Waals surface area contributed by atoms with Crippen molar-refractivity contribution in [1.29, 1.82) is 0 Å². The van der Waals surface area contributed by atoms with E-state index in [4.69, 9.17) is 20.2 Å². The molecule has 0 saturated carbocycles. The molecular formula is C23H29BrN4O2. The van der Waals surface area contributed by atoms with Gasteiger partial charge in [0.25, 0.3) is 0 Å². The molecule has 0 aliphatic heterocycles. The van der Waals surface area contributed by atoms with Crippen molar-refractivity contribution in [3.63, 3.8) is 0 Å². The number of ether oxygens (including phenoxy) is 2. The number of pyridine rings is 1. The number of hydrogen-bond acceptors (Lipinski definition) is 6. The van der Waals surface area contributed by atoms with E-state index in [1.807, 2.05) is 36.4 Å². The van der Waals surface area contributed by atoms with Crippen LogP contribution in [0.3, 0.4) is 0 Å². The maximum Gasteiger partial charge on any atom is 0.152 e. The lowest BCUT2D eigenvalue weighted by molar-refractivity contribution is 0.391. The molecular weight excluding hydrogens is 444 g/mol. The largest absolute Gasteiger partial charge is 0.497 e. The van der Waals surface area contributed by atoms with Crippen LogP contribution in [0.15, 0.2) is 40.9 Å². The second kappa shape index (κ2) is 10.4. The zero-order valence-corrected chi connectivity index (χ0v) is 19.3. The van der Waals surface area contributed by atoms with Crippen LogP contribution in [0.4, 0.5) is 17.2 Å². The van der Waals surface area contributed by atoms with E-state index in [9.17, 15) is 0 Å². The number of fused-ring (bicyclic) bond motifs is 1. The molecule has 0 saturated heterocycles. The molecule has 2 aromatic carbocycles. The molecule has 0 aliphatic rings. The number of anilines is 3. The van der Waals surface area contributed by atoms with Crippen molar-refractivity contribution in [2.75, 3.05) is 37.1 Å². The number of rotatable bonds is 10. The molecule has 1 aromatic heterocycles. The number of nitrogens with one attached hydrogen (secondary N) is 2. The van der Waals surface area contributed by atoms with Crippen LogP contribution in [0.25, 0.3) is 10.9 Å². The number of unbranched alkanes of at least 4 members (excludes halogenated alkanes) is 2. The van der Waals surface area contributed by atoms with Crippen LogP contribution in [0.2, 0.25) is 0 Å². The smallest absolute Gasteiger partial charge is 0.152 e. The van der Waals surface area contributed by atoms with Gasteiger partial charge >= 0.3 is 0 Å². The van der Waals surface area contributed by atoms with E-state index in [0.29, 0.717) is 18.1 Å². The summed E-state index contributed by atoms with van der Waals surface area (Å²) >= 11 is 3.54. The Hall–Kier alpha value is -2.67. The second-order valence-electron chi connectivity index (χ2n) is 7.08. The summed E-state index contributed by atoms with van der Waals surface area (Å²) in [4.78, 5) is 4.77. The Morgan fingerprint density at radius 1 is 1.03 bits per heavy atom. The summed E-state index contributed by atoms with van der Waals surface area (Å²) in [7, 11) is 3.29. The monoisotopic (exact) mass is 472 g/mol.